The maximum atomic E-state index is 13.1. The van der Waals surface area contributed by atoms with Gasteiger partial charge in [-0.2, -0.15) is 0 Å². The lowest BCUT2D eigenvalue weighted by molar-refractivity contribution is -0.140. The number of anilines is 1. The molecular weight excluding hydrogens is 420 g/mol. The molecule has 2 aromatic carbocycles. The Kier molecular flexibility index (Phi) is 5.95. The standard InChI is InChI=1S/C22H26N2O6S/c1-3-28-17-8-6-16(7-9-17)23(2)31(26,27)18-10-11-19-20(14-18)29-15-21(30-19)22(25)24-12-4-5-13-24/h6-11,14,21H,3-5,12-13,15H2,1-2H3/t21-/m1/s1. The minimum Gasteiger partial charge on any atom is -0.494 e. The number of rotatable bonds is 6. The second-order valence-electron chi connectivity index (χ2n) is 7.46. The summed E-state index contributed by atoms with van der Waals surface area (Å²) in [6.07, 6.45) is 1.29. The lowest BCUT2D eigenvalue weighted by Crippen LogP contribution is -2.45. The van der Waals surface area contributed by atoms with Crippen molar-refractivity contribution in [2.75, 3.05) is 37.7 Å². The molecule has 0 unspecified atom stereocenters. The van der Waals surface area contributed by atoms with Crippen molar-refractivity contribution >= 4 is 21.6 Å². The highest BCUT2D eigenvalue weighted by Crippen LogP contribution is 2.36. The molecule has 0 N–H and O–H groups in total. The van der Waals surface area contributed by atoms with Crippen LogP contribution in [0.5, 0.6) is 17.2 Å². The average molecular weight is 447 g/mol. The summed E-state index contributed by atoms with van der Waals surface area (Å²) in [6.45, 7) is 3.95. The van der Waals surface area contributed by atoms with Gasteiger partial charge in [0.05, 0.1) is 17.2 Å². The maximum absolute atomic E-state index is 13.1. The van der Waals surface area contributed by atoms with Gasteiger partial charge in [-0.25, -0.2) is 8.42 Å². The van der Waals surface area contributed by atoms with Gasteiger partial charge in [0, 0.05) is 26.2 Å². The molecule has 1 amide bonds. The van der Waals surface area contributed by atoms with Crippen LogP contribution in [0.4, 0.5) is 5.69 Å². The molecule has 31 heavy (non-hydrogen) atoms. The van der Waals surface area contributed by atoms with Gasteiger partial charge < -0.3 is 19.1 Å². The van der Waals surface area contributed by atoms with Crippen LogP contribution in [0.25, 0.3) is 0 Å². The molecule has 1 fully saturated rings. The van der Waals surface area contributed by atoms with Crippen LogP contribution >= 0.6 is 0 Å². The molecule has 2 aromatic rings. The highest BCUT2D eigenvalue weighted by molar-refractivity contribution is 7.92. The summed E-state index contributed by atoms with van der Waals surface area (Å²) in [5, 5.41) is 0. The topological polar surface area (TPSA) is 85.4 Å². The zero-order valence-corrected chi connectivity index (χ0v) is 18.4. The fraction of sp³-hybridized carbons (Fsp3) is 0.409. The first kappa shape index (κ1) is 21.3. The van der Waals surface area contributed by atoms with Crippen LogP contribution in [-0.2, 0) is 14.8 Å². The van der Waals surface area contributed by atoms with Crippen LogP contribution in [0.2, 0.25) is 0 Å². The third-order valence-corrected chi connectivity index (χ3v) is 7.22. The number of nitrogens with zero attached hydrogens (tertiary/aromatic N) is 2. The van der Waals surface area contributed by atoms with E-state index in [1.54, 1.807) is 29.2 Å². The van der Waals surface area contributed by atoms with Crippen molar-refractivity contribution in [1.82, 2.24) is 4.90 Å². The quantitative estimate of drug-likeness (QED) is 0.678. The molecule has 0 bridgehead atoms. The van der Waals surface area contributed by atoms with E-state index in [9.17, 15) is 13.2 Å². The fourth-order valence-electron chi connectivity index (χ4n) is 3.69. The van der Waals surface area contributed by atoms with Crippen molar-refractivity contribution in [2.24, 2.45) is 0 Å². The van der Waals surface area contributed by atoms with Crippen LogP contribution in [0.15, 0.2) is 47.4 Å². The molecule has 0 aromatic heterocycles. The Labute approximate surface area is 182 Å². The Bertz CT molecular complexity index is 1050. The van der Waals surface area contributed by atoms with E-state index in [0.717, 1.165) is 25.9 Å². The first-order valence-corrected chi connectivity index (χ1v) is 11.8. The van der Waals surface area contributed by atoms with E-state index < -0.39 is 16.1 Å². The Morgan fingerprint density at radius 1 is 1.13 bits per heavy atom. The van der Waals surface area contributed by atoms with Gasteiger partial charge in [-0.05, 0) is 56.2 Å². The molecule has 1 atom stereocenters. The van der Waals surface area contributed by atoms with Crippen LogP contribution in [-0.4, -0.2) is 58.7 Å². The number of benzene rings is 2. The number of hydrogen-bond donors (Lipinski definition) is 0. The first-order valence-electron chi connectivity index (χ1n) is 10.3. The van der Waals surface area contributed by atoms with Gasteiger partial charge in [0.25, 0.3) is 15.9 Å². The van der Waals surface area contributed by atoms with E-state index in [0.29, 0.717) is 29.5 Å². The second kappa shape index (κ2) is 8.66. The van der Waals surface area contributed by atoms with Crippen molar-refractivity contribution in [2.45, 2.75) is 30.8 Å². The highest BCUT2D eigenvalue weighted by atomic mass is 32.2. The summed E-state index contributed by atoms with van der Waals surface area (Å²) in [5.41, 5.74) is 0.509. The average Bonchev–Trinajstić information content (AvgIpc) is 3.33. The van der Waals surface area contributed by atoms with Gasteiger partial charge in [-0.1, -0.05) is 0 Å². The summed E-state index contributed by atoms with van der Waals surface area (Å²) in [5.74, 6) is 1.27. The maximum Gasteiger partial charge on any atom is 0.267 e. The van der Waals surface area contributed by atoms with E-state index >= 15 is 0 Å². The van der Waals surface area contributed by atoms with Gasteiger partial charge >= 0.3 is 0 Å². The Balaban J connectivity index is 1.51. The Morgan fingerprint density at radius 2 is 1.84 bits per heavy atom. The smallest absolute Gasteiger partial charge is 0.267 e. The van der Waals surface area contributed by atoms with Crippen molar-refractivity contribution in [1.29, 1.82) is 0 Å². The monoisotopic (exact) mass is 446 g/mol. The van der Waals surface area contributed by atoms with Crippen molar-refractivity contribution in [3.8, 4) is 17.2 Å². The third-order valence-electron chi connectivity index (χ3n) is 5.44. The van der Waals surface area contributed by atoms with E-state index in [-0.39, 0.29) is 17.4 Å². The molecular formula is C22H26N2O6S. The first-order chi connectivity index (χ1) is 14.9. The predicted molar refractivity (Wildman–Crippen MR) is 115 cm³/mol. The summed E-state index contributed by atoms with van der Waals surface area (Å²) in [6, 6.07) is 11.3. The molecule has 2 aliphatic heterocycles. The van der Waals surface area contributed by atoms with Gasteiger partial charge in [-0.3, -0.25) is 9.10 Å². The Hall–Kier alpha value is -2.94. The lowest BCUT2D eigenvalue weighted by atomic mass is 10.2. The van der Waals surface area contributed by atoms with Gasteiger partial charge in [0.2, 0.25) is 6.10 Å². The molecule has 0 saturated carbocycles. The van der Waals surface area contributed by atoms with Crippen LogP contribution in [0.1, 0.15) is 19.8 Å². The molecule has 2 heterocycles. The number of sulfonamides is 1. The molecule has 0 spiro atoms. The van der Waals surface area contributed by atoms with Crippen LogP contribution < -0.4 is 18.5 Å². The number of carbonyl (C=O) groups excluding carboxylic acids is 1. The van der Waals surface area contributed by atoms with E-state index in [1.165, 1.54) is 29.6 Å². The molecule has 9 heteroatoms. The van der Waals surface area contributed by atoms with Crippen molar-refractivity contribution in [3.63, 3.8) is 0 Å². The number of amides is 1. The van der Waals surface area contributed by atoms with E-state index in [4.69, 9.17) is 14.2 Å². The largest absolute Gasteiger partial charge is 0.494 e. The molecule has 1 saturated heterocycles. The third kappa shape index (κ3) is 4.27. The minimum atomic E-state index is -3.81. The van der Waals surface area contributed by atoms with E-state index in [2.05, 4.69) is 0 Å². The lowest BCUT2D eigenvalue weighted by Gasteiger charge is -2.29. The van der Waals surface area contributed by atoms with Crippen LogP contribution in [0, 0.1) is 0 Å². The fourth-order valence-corrected chi connectivity index (χ4v) is 4.90. The summed E-state index contributed by atoms with van der Waals surface area (Å²) < 4.78 is 44.4. The summed E-state index contributed by atoms with van der Waals surface area (Å²) >= 11 is 0. The normalized spacial score (nSPS) is 18.0. The molecule has 166 valence electrons. The predicted octanol–water partition coefficient (Wildman–Crippen LogP) is 2.67. The summed E-state index contributed by atoms with van der Waals surface area (Å²) in [7, 11) is -2.32. The van der Waals surface area contributed by atoms with Gasteiger partial charge in [0.1, 0.15) is 12.4 Å². The van der Waals surface area contributed by atoms with Crippen LogP contribution in [0.3, 0.4) is 0 Å². The van der Waals surface area contributed by atoms with Crippen molar-refractivity contribution < 1.29 is 27.4 Å². The Morgan fingerprint density at radius 3 is 2.52 bits per heavy atom. The minimum absolute atomic E-state index is 0.0561. The number of likely N-dealkylation sites (tertiary alicyclic amines) is 1. The van der Waals surface area contributed by atoms with Gasteiger partial charge in [0.15, 0.2) is 11.5 Å². The van der Waals surface area contributed by atoms with Gasteiger partial charge in [-0.15, -0.1) is 0 Å². The zero-order valence-electron chi connectivity index (χ0n) is 17.6. The number of fused-ring (bicyclic) bond motifs is 1. The van der Waals surface area contributed by atoms with Crippen molar-refractivity contribution in [3.05, 3.63) is 42.5 Å². The summed E-state index contributed by atoms with van der Waals surface area (Å²) in [4.78, 5) is 14.4. The molecule has 8 nitrogen and oxygen atoms in total. The number of carbonyl (C=O) groups is 1. The molecule has 4 rings (SSSR count). The highest BCUT2D eigenvalue weighted by Gasteiger charge is 2.33. The second-order valence-corrected chi connectivity index (χ2v) is 9.43. The van der Waals surface area contributed by atoms with E-state index in [1.807, 2.05) is 6.92 Å². The molecule has 0 aliphatic carbocycles. The number of hydrogen-bond acceptors (Lipinski definition) is 6. The molecule has 0 radical (unpaired) electrons. The SMILES string of the molecule is CCOc1ccc(N(C)S(=O)(=O)c2ccc3c(c2)OC[C@H](C(=O)N2CCCC2)O3)cc1. The zero-order chi connectivity index (χ0) is 22.0. The molecule has 2 aliphatic rings. The number of ether oxygens (including phenoxy) is 3.